The Balaban J connectivity index is 1.90. The van der Waals surface area contributed by atoms with E-state index < -0.39 is 0 Å². The zero-order valence-electron chi connectivity index (χ0n) is 9.22. The van der Waals surface area contributed by atoms with Gasteiger partial charge in [0.15, 0.2) is 0 Å². The van der Waals surface area contributed by atoms with Crippen LogP contribution in [0.1, 0.15) is 10.4 Å². The molecule has 17 heavy (non-hydrogen) atoms. The van der Waals surface area contributed by atoms with Crippen LogP contribution in [0.5, 0.6) is 5.88 Å². The van der Waals surface area contributed by atoms with Gasteiger partial charge in [-0.1, -0.05) is 6.07 Å². The normalized spacial score (nSPS) is 10.1. The largest absolute Gasteiger partial charge is 0.477 e. The summed E-state index contributed by atoms with van der Waals surface area (Å²) in [6.07, 6.45) is 2.46. The van der Waals surface area contributed by atoms with Crippen molar-refractivity contribution in [3.8, 4) is 5.88 Å². The number of nitrogens with one attached hydrogen (secondary N) is 1. The van der Waals surface area contributed by atoms with Crippen molar-refractivity contribution in [3.05, 3.63) is 46.3 Å². The van der Waals surface area contributed by atoms with Crippen molar-refractivity contribution in [2.45, 2.75) is 6.42 Å². The highest BCUT2D eigenvalue weighted by Gasteiger charge is 2.01. The van der Waals surface area contributed by atoms with Crippen LogP contribution in [0, 0.1) is 5.41 Å². The summed E-state index contributed by atoms with van der Waals surface area (Å²) in [6, 6.07) is 7.47. The van der Waals surface area contributed by atoms with Gasteiger partial charge in [0, 0.05) is 29.1 Å². The molecule has 0 atom stereocenters. The van der Waals surface area contributed by atoms with Crippen LogP contribution in [-0.4, -0.2) is 17.4 Å². The van der Waals surface area contributed by atoms with Gasteiger partial charge in [0.25, 0.3) is 0 Å². The molecular formula is C12H13N3OS. The standard InChI is InChI=1S/C12H13N3OS/c13-12(14)9-3-5-15-11(8-9)16-6-4-10-2-1-7-17-10/h1-3,5,7-8H,4,6H2,(H3,13,14). The van der Waals surface area contributed by atoms with Gasteiger partial charge in [-0.25, -0.2) is 4.98 Å². The second kappa shape index (κ2) is 5.45. The van der Waals surface area contributed by atoms with E-state index in [9.17, 15) is 0 Å². The van der Waals surface area contributed by atoms with Gasteiger partial charge < -0.3 is 10.5 Å². The fourth-order valence-corrected chi connectivity index (χ4v) is 2.06. The lowest BCUT2D eigenvalue weighted by Gasteiger charge is -2.05. The van der Waals surface area contributed by atoms with Crippen LogP contribution in [0.25, 0.3) is 0 Å². The topological polar surface area (TPSA) is 72.0 Å². The summed E-state index contributed by atoms with van der Waals surface area (Å²) >= 11 is 1.71. The number of pyridine rings is 1. The fraction of sp³-hybridized carbons (Fsp3) is 0.167. The number of aromatic nitrogens is 1. The lowest BCUT2D eigenvalue weighted by molar-refractivity contribution is 0.310. The number of nitrogen functional groups attached to an aromatic ring is 1. The number of nitrogens with two attached hydrogens (primary N) is 1. The molecule has 0 radical (unpaired) electrons. The van der Waals surface area contributed by atoms with Crippen LogP contribution in [0.3, 0.4) is 0 Å². The van der Waals surface area contributed by atoms with Gasteiger partial charge in [0.05, 0.1) is 6.61 Å². The first-order valence-electron chi connectivity index (χ1n) is 5.21. The van der Waals surface area contributed by atoms with Gasteiger partial charge in [0.2, 0.25) is 5.88 Å². The van der Waals surface area contributed by atoms with Crippen LogP contribution < -0.4 is 10.5 Å². The van der Waals surface area contributed by atoms with Gasteiger partial charge >= 0.3 is 0 Å². The van der Waals surface area contributed by atoms with E-state index in [4.69, 9.17) is 15.9 Å². The average Bonchev–Trinajstić information content (AvgIpc) is 2.82. The molecule has 2 aromatic heterocycles. The van der Waals surface area contributed by atoms with Gasteiger partial charge in [-0.15, -0.1) is 11.3 Å². The quantitative estimate of drug-likeness (QED) is 0.627. The van der Waals surface area contributed by atoms with Crippen molar-refractivity contribution in [2.75, 3.05) is 6.61 Å². The Kier molecular flexibility index (Phi) is 3.72. The third-order valence-electron chi connectivity index (χ3n) is 2.22. The Morgan fingerprint density at radius 1 is 1.47 bits per heavy atom. The molecule has 0 aliphatic carbocycles. The van der Waals surface area contributed by atoms with E-state index in [2.05, 4.69) is 11.1 Å². The number of ether oxygens (including phenoxy) is 1. The van der Waals surface area contributed by atoms with Crippen LogP contribution in [0.4, 0.5) is 0 Å². The van der Waals surface area contributed by atoms with Crippen molar-refractivity contribution < 1.29 is 4.74 Å². The predicted octanol–water partition coefficient (Wildman–Crippen LogP) is 2.05. The van der Waals surface area contributed by atoms with E-state index in [1.54, 1.807) is 29.7 Å². The Morgan fingerprint density at radius 2 is 2.35 bits per heavy atom. The fourth-order valence-electron chi connectivity index (χ4n) is 1.37. The summed E-state index contributed by atoms with van der Waals surface area (Å²) < 4.78 is 5.51. The van der Waals surface area contributed by atoms with Gasteiger partial charge in [-0.05, 0) is 17.5 Å². The summed E-state index contributed by atoms with van der Waals surface area (Å²) in [5, 5.41) is 9.36. The first-order chi connectivity index (χ1) is 8.25. The first kappa shape index (κ1) is 11.6. The maximum absolute atomic E-state index is 7.32. The number of hydrogen-bond acceptors (Lipinski definition) is 4. The molecule has 0 spiro atoms. The molecule has 0 aliphatic heterocycles. The smallest absolute Gasteiger partial charge is 0.213 e. The van der Waals surface area contributed by atoms with E-state index >= 15 is 0 Å². The molecule has 0 amide bonds. The Bertz CT molecular complexity index is 496. The average molecular weight is 247 g/mol. The number of amidine groups is 1. The van der Waals surface area contributed by atoms with Crippen LogP contribution in [0.2, 0.25) is 0 Å². The molecule has 0 aliphatic rings. The third-order valence-corrected chi connectivity index (χ3v) is 3.16. The SMILES string of the molecule is N=C(N)c1ccnc(OCCc2cccs2)c1. The molecule has 0 aromatic carbocycles. The summed E-state index contributed by atoms with van der Waals surface area (Å²) in [5.41, 5.74) is 6.02. The number of hydrogen-bond donors (Lipinski definition) is 2. The van der Waals surface area contributed by atoms with Crippen LogP contribution >= 0.6 is 11.3 Å². The second-order valence-electron chi connectivity index (χ2n) is 3.47. The van der Waals surface area contributed by atoms with E-state index in [1.165, 1.54) is 4.88 Å². The van der Waals surface area contributed by atoms with Crippen molar-refractivity contribution in [3.63, 3.8) is 0 Å². The molecule has 0 unspecified atom stereocenters. The van der Waals surface area contributed by atoms with Crippen molar-refractivity contribution >= 4 is 17.2 Å². The van der Waals surface area contributed by atoms with Gasteiger partial charge in [0.1, 0.15) is 5.84 Å². The highest BCUT2D eigenvalue weighted by Crippen LogP contribution is 2.12. The predicted molar refractivity (Wildman–Crippen MR) is 68.8 cm³/mol. The van der Waals surface area contributed by atoms with Gasteiger partial charge in [-0.2, -0.15) is 0 Å². The Labute approximate surface area is 104 Å². The highest BCUT2D eigenvalue weighted by atomic mass is 32.1. The zero-order chi connectivity index (χ0) is 12.1. The molecule has 3 N–H and O–H groups in total. The maximum Gasteiger partial charge on any atom is 0.213 e. The minimum absolute atomic E-state index is 0.0236. The minimum Gasteiger partial charge on any atom is -0.477 e. The lowest BCUT2D eigenvalue weighted by Crippen LogP contribution is -2.11. The first-order valence-corrected chi connectivity index (χ1v) is 6.09. The molecule has 0 bridgehead atoms. The summed E-state index contributed by atoms with van der Waals surface area (Å²) in [5.74, 6) is 0.532. The Hall–Kier alpha value is -1.88. The molecule has 2 aromatic rings. The minimum atomic E-state index is 0.0236. The summed E-state index contributed by atoms with van der Waals surface area (Å²) in [6.45, 7) is 0.578. The summed E-state index contributed by atoms with van der Waals surface area (Å²) in [4.78, 5) is 5.35. The number of rotatable bonds is 5. The molecule has 4 nitrogen and oxygen atoms in total. The molecular weight excluding hydrogens is 234 g/mol. The van der Waals surface area contributed by atoms with Crippen molar-refractivity contribution in [1.82, 2.24) is 4.98 Å². The highest BCUT2D eigenvalue weighted by molar-refractivity contribution is 7.09. The Morgan fingerprint density at radius 3 is 3.06 bits per heavy atom. The molecule has 88 valence electrons. The van der Waals surface area contributed by atoms with E-state index in [0.717, 1.165) is 6.42 Å². The van der Waals surface area contributed by atoms with E-state index in [1.807, 2.05) is 11.4 Å². The molecule has 0 saturated heterocycles. The molecule has 2 heterocycles. The number of thiophene rings is 1. The molecule has 2 rings (SSSR count). The number of nitrogens with zero attached hydrogens (tertiary/aromatic N) is 1. The molecule has 0 fully saturated rings. The van der Waals surface area contributed by atoms with Crippen molar-refractivity contribution in [2.24, 2.45) is 5.73 Å². The van der Waals surface area contributed by atoms with Crippen molar-refractivity contribution in [1.29, 1.82) is 5.41 Å². The molecule has 0 saturated carbocycles. The zero-order valence-corrected chi connectivity index (χ0v) is 10.0. The lowest BCUT2D eigenvalue weighted by atomic mass is 10.2. The van der Waals surface area contributed by atoms with E-state index in [-0.39, 0.29) is 5.84 Å². The monoisotopic (exact) mass is 247 g/mol. The van der Waals surface area contributed by atoms with Crippen LogP contribution in [-0.2, 0) is 6.42 Å². The molecule has 5 heteroatoms. The van der Waals surface area contributed by atoms with Crippen LogP contribution in [0.15, 0.2) is 35.8 Å². The van der Waals surface area contributed by atoms with E-state index in [0.29, 0.717) is 18.1 Å². The summed E-state index contributed by atoms with van der Waals surface area (Å²) in [7, 11) is 0. The second-order valence-corrected chi connectivity index (χ2v) is 4.51. The van der Waals surface area contributed by atoms with Gasteiger partial charge in [-0.3, -0.25) is 5.41 Å². The maximum atomic E-state index is 7.32. The third kappa shape index (κ3) is 3.29.